The molecule has 2 fully saturated rings. The van der Waals surface area contributed by atoms with Crippen molar-refractivity contribution < 1.29 is 18.1 Å². The van der Waals surface area contributed by atoms with Crippen LogP contribution in [0.3, 0.4) is 0 Å². The van der Waals surface area contributed by atoms with E-state index in [0.29, 0.717) is 30.2 Å². The monoisotopic (exact) mass is 396 g/mol. The van der Waals surface area contributed by atoms with Crippen molar-refractivity contribution in [1.29, 1.82) is 0 Å². The highest BCUT2D eigenvalue weighted by Gasteiger charge is 2.56. The zero-order valence-electron chi connectivity index (χ0n) is 15.3. The molecule has 29 heavy (non-hydrogen) atoms. The van der Waals surface area contributed by atoms with E-state index >= 15 is 0 Å². The molecule has 2 aliphatic rings. The van der Waals surface area contributed by atoms with Crippen molar-refractivity contribution in [2.45, 2.75) is 6.04 Å². The summed E-state index contributed by atoms with van der Waals surface area (Å²) in [7, 11) is 0. The number of carbonyl (C=O) groups is 1. The highest BCUT2D eigenvalue weighted by atomic mass is 19.1. The van der Waals surface area contributed by atoms with Gasteiger partial charge in [-0.05, 0) is 18.2 Å². The average molecular weight is 396 g/mol. The number of nitrogens with one attached hydrogen (secondary N) is 2. The van der Waals surface area contributed by atoms with Gasteiger partial charge in [-0.15, -0.1) is 0 Å². The highest BCUT2D eigenvalue weighted by Crippen LogP contribution is 2.47. The van der Waals surface area contributed by atoms with Crippen LogP contribution in [0.2, 0.25) is 0 Å². The van der Waals surface area contributed by atoms with Crippen LogP contribution in [0.1, 0.15) is 0 Å². The molecule has 3 atom stereocenters. The fourth-order valence-electron chi connectivity index (χ4n) is 4.15. The third-order valence-electron chi connectivity index (χ3n) is 5.63. The van der Waals surface area contributed by atoms with E-state index in [1.807, 2.05) is 23.1 Å². The SMILES string of the molecule is O=C(Nc1ccccc1-c1ccon1)NC1[C@H]2CN(c3ccc(F)cc3F)C[C@@H]12. The minimum atomic E-state index is -0.585. The molecule has 1 unspecified atom stereocenters. The van der Waals surface area contributed by atoms with E-state index in [0.717, 1.165) is 11.6 Å². The maximum absolute atomic E-state index is 14.0. The summed E-state index contributed by atoms with van der Waals surface area (Å²) in [4.78, 5) is 14.4. The number of hydrogen-bond acceptors (Lipinski definition) is 4. The molecule has 1 saturated heterocycles. The topological polar surface area (TPSA) is 70.4 Å². The number of para-hydroxylation sites is 1. The van der Waals surface area contributed by atoms with Crippen LogP contribution in [0.25, 0.3) is 11.3 Å². The Hall–Kier alpha value is -3.42. The Balaban J connectivity index is 1.20. The zero-order chi connectivity index (χ0) is 20.0. The molecule has 2 aromatic carbocycles. The van der Waals surface area contributed by atoms with Crippen LogP contribution in [0.5, 0.6) is 0 Å². The summed E-state index contributed by atoms with van der Waals surface area (Å²) in [5, 5.41) is 9.79. The molecule has 0 radical (unpaired) electrons. The van der Waals surface area contributed by atoms with Crippen molar-refractivity contribution in [2.75, 3.05) is 23.3 Å². The summed E-state index contributed by atoms with van der Waals surface area (Å²) >= 11 is 0. The van der Waals surface area contributed by atoms with Gasteiger partial charge in [0.1, 0.15) is 23.6 Å². The summed E-state index contributed by atoms with van der Waals surface area (Å²) in [5.41, 5.74) is 2.45. The molecule has 0 bridgehead atoms. The Morgan fingerprint density at radius 3 is 2.62 bits per heavy atom. The smallest absolute Gasteiger partial charge is 0.319 e. The van der Waals surface area contributed by atoms with E-state index in [-0.39, 0.29) is 23.9 Å². The second kappa shape index (κ2) is 6.88. The number of carbonyl (C=O) groups excluding carboxylic acids is 1. The molecule has 148 valence electrons. The molecule has 1 saturated carbocycles. The lowest BCUT2D eigenvalue weighted by molar-refractivity contribution is 0.250. The van der Waals surface area contributed by atoms with Crippen molar-refractivity contribution in [3.05, 3.63) is 66.4 Å². The minimum Gasteiger partial charge on any atom is -0.368 e. The quantitative estimate of drug-likeness (QED) is 0.702. The van der Waals surface area contributed by atoms with Gasteiger partial charge in [-0.1, -0.05) is 23.4 Å². The lowest BCUT2D eigenvalue weighted by atomic mass is 10.1. The maximum Gasteiger partial charge on any atom is 0.319 e. The number of amides is 2. The number of anilines is 2. The van der Waals surface area contributed by atoms with Gasteiger partial charge in [0.05, 0.1) is 11.4 Å². The van der Waals surface area contributed by atoms with E-state index in [4.69, 9.17) is 4.52 Å². The number of urea groups is 1. The Kier molecular flexibility index (Phi) is 4.19. The first-order valence-electron chi connectivity index (χ1n) is 9.37. The van der Waals surface area contributed by atoms with E-state index in [1.165, 1.54) is 18.4 Å². The van der Waals surface area contributed by atoms with Crippen LogP contribution in [0, 0.1) is 23.5 Å². The largest absolute Gasteiger partial charge is 0.368 e. The molecular formula is C21H18F2N4O2. The number of piperidine rings is 1. The molecule has 8 heteroatoms. The van der Waals surface area contributed by atoms with Gasteiger partial charge < -0.3 is 20.1 Å². The number of halogens is 2. The number of aromatic nitrogens is 1. The van der Waals surface area contributed by atoms with E-state index < -0.39 is 11.6 Å². The van der Waals surface area contributed by atoms with Gasteiger partial charge in [-0.3, -0.25) is 0 Å². The molecule has 5 rings (SSSR count). The van der Waals surface area contributed by atoms with Crippen LogP contribution in [-0.2, 0) is 0 Å². The van der Waals surface area contributed by atoms with Crippen LogP contribution in [-0.4, -0.2) is 30.3 Å². The molecular weight excluding hydrogens is 378 g/mol. The Bertz CT molecular complexity index is 1040. The molecule has 2 N–H and O–H groups in total. The number of rotatable bonds is 4. The fraction of sp³-hybridized carbons (Fsp3) is 0.238. The lowest BCUT2D eigenvalue weighted by Gasteiger charge is -2.23. The molecule has 6 nitrogen and oxygen atoms in total. The number of nitrogens with zero attached hydrogens (tertiary/aromatic N) is 2. The van der Waals surface area contributed by atoms with Crippen molar-refractivity contribution in [3.63, 3.8) is 0 Å². The van der Waals surface area contributed by atoms with Crippen molar-refractivity contribution in [3.8, 4) is 11.3 Å². The highest BCUT2D eigenvalue weighted by molar-refractivity contribution is 5.94. The number of hydrogen-bond donors (Lipinski definition) is 2. The summed E-state index contributed by atoms with van der Waals surface area (Å²) in [5.74, 6) is -0.622. The van der Waals surface area contributed by atoms with Gasteiger partial charge in [-0.25, -0.2) is 13.6 Å². The van der Waals surface area contributed by atoms with Crippen LogP contribution in [0.15, 0.2) is 59.3 Å². The van der Waals surface area contributed by atoms with Crippen molar-refractivity contribution in [1.82, 2.24) is 10.5 Å². The third kappa shape index (κ3) is 3.30. The van der Waals surface area contributed by atoms with Gasteiger partial charge in [0, 0.05) is 48.7 Å². The van der Waals surface area contributed by atoms with E-state index in [1.54, 1.807) is 12.1 Å². The first-order chi connectivity index (χ1) is 14.1. The normalized spacial score (nSPS) is 22.3. The molecule has 1 aliphatic carbocycles. The lowest BCUT2D eigenvalue weighted by Crippen LogP contribution is -2.37. The average Bonchev–Trinajstić information content (AvgIpc) is 3.13. The third-order valence-corrected chi connectivity index (χ3v) is 5.63. The summed E-state index contributed by atoms with van der Waals surface area (Å²) in [6.07, 6.45) is 1.48. The van der Waals surface area contributed by atoms with E-state index in [2.05, 4.69) is 15.8 Å². The van der Waals surface area contributed by atoms with Gasteiger partial charge in [0.15, 0.2) is 0 Å². The zero-order valence-corrected chi connectivity index (χ0v) is 15.3. The van der Waals surface area contributed by atoms with Crippen LogP contribution in [0.4, 0.5) is 25.0 Å². The van der Waals surface area contributed by atoms with Gasteiger partial charge in [-0.2, -0.15) is 0 Å². The summed E-state index contributed by atoms with van der Waals surface area (Å²) < 4.78 is 32.0. The second-order valence-electron chi connectivity index (χ2n) is 7.38. The Morgan fingerprint density at radius 2 is 1.90 bits per heavy atom. The summed E-state index contributed by atoms with van der Waals surface area (Å²) in [6.45, 7) is 1.27. The minimum absolute atomic E-state index is 0.0500. The molecule has 2 heterocycles. The molecule has 1 aliphatic heterocycles. The second-order valence-corrected chi connectivity index (χ2v) is 7.38. The Labute approximate surface area is 165 Å². The van der Waals surface area contributed by atoms with Crippen LogP contribution < -0.4 is 15.5 Å². The maximum atomic E-state index is 14.0. The molecule has 3 aromatic rings. The van der Waals surface area contributed by atoms with Gasteiger partial charge in [0.25, 0.3) is 0 Å². The predicted octanol–water partition coefficient (Wildman–Crippen LogP) is 3.88. The van der Waals surface area contributed by atoms with Gasteiger partial charge >= 0.3 is 6.03 Å². The molecule has 1 aromatic heterocycles. The fourth-order valence-corrected chi connectivity index (χ4v) is 4.15. The summed E-state index contributed by atoms with van der Waals surface area (Å²) in [6, 6.07) is 12.5. The first kappa shape index (κ1) is 17.7. The first-order valence-corrected chi connectivity index (χ1v) is 9.37. The predicted molar refractivity (Wildman–Crippen MR) is 103 cm³/mol. The Morgan fingerprint density at radius 1 is 1.10 bits per heavy atom. The number of fused-ring (bicyclic) bond motifs is 1. The van der Waals surface area contributed by atoms with Crippen LogP contribution >= 0.6 is 0 Å². The number of benzene rings is 2. The molecule has 2 amide bonds. The van der Waals surface area contributed by atoms with Crippen molar-refractivity contribution >= 4 is 17.4 Å². The van der Waals surface area contributed by atoms with E-state index in [9.17, 15) is 13.6 Å². The van der Waals surface area contributed by atoms with Crippen molar-refractivity contribution in [2.24, 2.45) is 11.8 Å². The standard InChI is InChI=1S/C21H18F2N4O2/c22-12-5-6-19(16(23)9-12)27-10-14-15(11-27)20(14)25-21(28)24-17-4-2-1-3-13(17)18-7-8-29-26-18/h1-9,14-15,20H,10-11H2,(H2,24,25,28)/t14-,15+,20?. The van der Waals surface area contributed by atoms with Gasteiger partial charge in [0.2, 0.25) is 0 Å². The molecule has 0 spiro atoms.